The van der Waals surface area contributed by atoms with E-state index in [-0.39, 0.29) is 29.2 Å². The molecule has 8 heteroatoms. The maximum Gasteiger partial charge on any atom is 0.169 e. The summed E-state index contributed by atoms with van der Waals surface area (Å²) in [6, 6.07) is 52.0. The monoisotopic (exact) mass is 905 g/mol. The van der Waals surface area contributed by atoms with Crippen molar-refractivity contribution < 1.29 is 20.4 Å². The second-order valence-corrected chi connectivity index (χ2v) is 18.0. The molecule has 2 aliphatic carbocycles. The van der Waals surface area contributed by atoms with Crippen molar-refractivity contribution in [2.45, 2.75) is 64.0 Å². The summed E-state index contributed by atoms with van der Waals surface area (Å²) in [5, 5.41) is 50.7. The number of aliphatic hydroxyl groups excluding tert-OH is 1. The molecule has 0 aliphatic heterocycles. The van der Waals surface area contributed by atoms with E-state index in [0.717, 1.165) is 62.9 Å². The third-order valence-electron chi connectivity index (χ3n) is 13.5. The van der Waals surface area contributed by atoms with Gasteiger partial charge in [-0.15, -0.1) is 0 Å². The number of nitrogens with one attached hydrogen (secondary N) is 1. The van der Waals surface area contributed by atoms with Gasteiger partial charge in [-0.1, -0.05) is 177 Å². The Morgan fingerprint density at radius 3 is 1.93 bits per heavy atom. The lowest BCUT2D eigenvalue weighted by atomic mass is 9.63. The van der Waals surface area contributed by atoms with E-state index < -0.39 is 29.7 Å². The molecule has 7 aromatic carbocycles. The van der Waals surface area contributed by atoms with Crippen LogP contribution < -0.4 is 11.1 Å². The molecule has 7 aromatic rings. The minimum absolute atomic E-state index is 0.0260. The lowest BCUT2D eigenvalue weighted by Crippen LogP contribution is -2.36. The van der Waals surface area contributed by atoms with Crippen LogP contribution in [0.4, 0.5) is 0 Å². The van der Waals surface area contributed by atoms with Crippen LogP contribution >= 0.6 is 0 Å². The van der Waals surface area contributed by atoms with Crippen LogP contribution in [-0.2, 0) is 6.42 Å². The van der Waals surface area contributed by atoms with Gasteiger partial charge in [0.05, 0.1) is 13.4 Å². The molecule has 0 saturated carbocycles. The first-order valence-electron chi connectivity index (χ1n) is 23.6. The maximum absolute atomic E-state index is 12.4. The molecule has 0 fully saturated rings. The lowest BCUT2D eigenvalue weighted by Gasteiger charge is -2.35. The summed E-state index contributed by atoms with van der Waals surface area (Å²) < 4.78 is 0. The number of benzene rings is 7. The molecule has 0 aromatic heterocycles. The number of phenolic OH excluding ortho intramolecular Hbond substituents is 3. The van der Waals surface area contributed by atoms with Crippen LogP contribution in [0.15, 0.2) is 203 Å². The quantitative estimate of drug-likeness (QED) is 0.0161. The molecule has 0 saturated heterocycles. The molecule has 7 N–H and O–H groups in total. The van der Waals surface area contributed by atoms with Crippen molar-refractivity contribution in [3.05, 3.63) is 226 Å². The summed E-state index contributed by atoms with van der Waals surface area (Å²) in [6.45, 7) is 6.02. The highest BCUT2D eigenvalue weighted by Gasteiger charge is 2.44. The fourth-order valence-corrected chi connectivity index (χ4v) is 9.93. The zero-order chi connectivity index (χ0) is 48.2. The van der Waals surface area contributed by atoms with Crippen LogP contribution in [-0.4, -0.2) is 40.1 Å². The molecular weight excluding hydrogens is 849 g/mol. The van der Waals surface area contributed by atoms with E-state index in [9.17, 15) is 20.4 Å². The zero-order valence-electron chi connectivity index (χ0n) is 39.1. The van der Waals surface area contributed by atoms with Gasteiger partial charge in [0.2, 0.25) is 0 Å². The number of aromatic hydroxyl groups is 3. The molecular formula is C61H56BN3O4. The van der Waals surface area contributed by atoms with Crippen LogP contribution in [0.5, 0.6) is 17.2 Å². The molecule has 4 atom stereocenters. The number of phenols is 3. The number of amidine groups is 1. The number of aliphatic imine (C=N–C) groups is 1. The standard InChI is InChI=1S/C61H56BN3O4/c1-4-5-6-7-11-19-39-32-47(41-22-14-9-15-23-41)35-48(33-39)61(65-60(63)44-30-28-42(29-31-44)46-27-18-26-45(34-46)40-20-12-8-13-21-40)64-38(3)51-37(2)55(62)53-49(56(51)66)36-50-54(53)58(68)52(59(69)57(50)67)43-24-16-10-17-25-43/h6-35,38,53,55,61,64,66-69H,4-5,36H2,1-3H3,(H2,63,65)/b7-6-,19-11+. The molecule has 69 heavy (non-hydrogen) atoms. The highest BCUT2D eigenvalue weighted by atomic mass is 16.3. The predicted octanol–water partition coefficient (Wildman–Crippen LogP) is 13.7. The van der Waals surface area contributed by atoms with Crippen LogP contribution in [0.1, 0.15) is 73.5 Å². The lowest BCUT2D eigenvalue weighted by molar-refractivity contribution is 0.379. The zero-order valence-corrected chi connectivity index (χ0v) is 39.1. The van der Waals surface area contributed by atoms with Crippen LogP contribution in [0.3, 0.4) is 0 Å². The molecule has 4 unspecified atom stereocenters. The van der Waals surface area contributed by atoms with Crippen LogP contribution in [0.25, 0.3) is 50.6 Å². The van der Waals surface area contributed by atoms with E-state index in [1.54, 1.807) is 24.3 Å². The number of fused-ring (bicyclic) bond motifs is 3. The minimum atomic E-state index is -0.708. The Kier molecular flexibility index (Phi) is 13.6. The van der Waals surface area contributed by atoms with E-state index in [0.29, 0.717) is 39.2 Å². The highest BCUT2D eigenvalue weighted by molar-refractivity contribution is 6.15. The summed E-state index contributed by atoms with van der Waals surface area (Å²) >= 11 is 0. The number of allylic oxidation sites excluding steroid dienone is 5. The number of hydrogen-bond acceptors (Lipinski definition) is 6. The Morgan fingerprint density at radius 2 is 1.29 bits per heavy atom. The van der Waals surface area contributed by atoms with E-state index in [1.165, 1.54) is 0 Å². The van der Waals surface area contributed by atoms with Gasteiger partial charge in [0.25, 0.3) is 0 Å². The first-order chi connectivity index (χ1) is 33.5. The van der Waals surface area contributed by atoms with Crippen molar-refractivity contribution in [2.24, 2.45) is 10.7 Å². The van der Waals surface area contributed by atoms with Crippen molar-refractivity contribution in [3.63, 3.8) is 0 Å². The first-order valence-corrected chi connectivity index (χ1v) is 23.6. The molecule has 9 rings (SSSR count). The number of rotatable bonds is 14. The Labute approximate surface area is 406 Å². The Bertz CT molecular complexity index is 3160. The minimum Gasteiger partial charge on any atom is -0.508 e. The van der Waals surface area contributed by atoms with Crippen molar-refractivity contribution >= 4 is 19.8 Å². The van der Waals surface area contributed by atoms with Gasteiger partial charge in [0.1, 0.15) is 23.5 Å². The third kappa shape index (κ3) is 9.41. The van der Waals surface area contributed by atoms with Crippen LogP contribution in [0.2, 0.25) is 5.82 Å². The van der Waals surface area contributed by atoms with Crippen molar-refractivity contribution in [1.29, 1.82) is 0 Å². The smallest absolute Gasteiger partial charge is 0.169 e. The average molecular weight is 906 g/mol. The van der Waals surface area contributed by atoms with Gasteiger partial charge in [-0.25, -0.2) is 4.99 Å². The molecule has 2 radical (unpaired) electrons. The van der Waals surface area contributed by atoms with Gasteiger partial charge >= 0.3 is 0 Å². The Morgan fingerprint density at radius 1 is 0.696 bits per heavy atom. The number of unbranched alkanes of at least 4 members (excludes halogenated alkanes) is 1. The topological polar surface area (TPSA) is 131 Å². The Hall–Kier alpha value is -7.81. The summed E-state index contributed by atoms with van der Waals surface area (Å²) in [7, 11) is 7.14. The number of hydrogen-bond donors (Lipinski definition) is 6. The van der Waals surface area contributed by atoms with Crippen molar-refractivity contribution in [2.75, 3.05) is 0 Å². The largest absolute Gasteiger partial charge is 0.508 e. The highest BCUT2D eigenvalue weighted by Crippen LogP contribution is 2.61. The molecule has 7 nitrogen and oxygen atoms in total. The molecule has 0 heterocycles. The number of nitrogens with zero attached hydrogens (tertiary/aromatic N) is 1. The third-order valence-corrected chi connectivity index (χ3v) is 13.5. The van der Waals surface area contributed by atoms with E-state index in [2.05, 4.69) is 115 Å². The van der Waals surface area contributed by atoms with Gasteiger partial charge < -0.3 is 26.2 Å². The van der Waals surface area contributed by atoms with E-state index >= 15 is 0 Å². The van der Waals surface area contributed by atoms with Crippen molar-refractivity contribution in [1.82, 2.24) is 5.32 Å². The second-order valence-electron chi connectivity index (χ2n) is 18.0. The average Bonchev–Trinajstić information content (AvgIpc) is 3.80. The fraction of sp³-hybridized carbons (Fsp3) is 0.164. The summed E-state index contributed by atoms with van der Waals surface area (Å²) in [5.74, 6) is -1.88. The predicted molar refractivity (Wildman–Crippen MR) is 284 cm³/mol. The number of nitrogens with two attached hydrogens (primary N) is 1. The number of aliphatic hydroxyl groups is 1. The normalized spacial score (nSPS) is 16.8. The molecule has 0 bridgehead atoms. The maximum atomic E-state index is 12.4. The first kappa shape index (κ1) is 46.3. The summed E-state index contributed by atoms with van der Waals surface area (Å²) in [6.07, 6.45) is 9.82. The summed E-state index contributed by atoms with van der Waals surface area (Å²) in [4.78, 5) is 5.24. The van der Waals surface area contributed by atoms with Gasteiger partial charge in [0, 0.05) is 40.6 Å². The van der Waals surface area contributed by atoms with Crippen LogP contribution in [0, 0.1) is 0 Å². The van der Waals surface area contributed by atoms with Gasteiger partial charge in [0.15, 0.2) is 11.5 Å². The Balaban J connectivity index is 1.10. The SMILES string of the molecule is [B]C1C(C)=C(C(C)NC(N=C(N)c2ccc(-c3cccc(-c4ccccc4)c3)cc2)c2cc(/C=C/C=C\CCC)cc(-c3ccccc3)c2)C(O)=C2Cc3c(O)c(O)c(-c4ccccc4)c(O)c3C21. The molecule has 2 aliphatic rings. The van der Waals surface area contributed by atoms with Gasteiger partial charge in [-0.3, -0.25) is 5.32 Å². The fourth-order valence-electron chi connectivity index (χ4n) is 9.93. The van der Waals surface area contributed by atoms with Gasteiger partial charge in [-0.2, -0.15) is 0 Å². The van der Waals surface area contributed by atoms with Crippen molar-refractivity contribution in [3.8, 4) is 61.8 Å². The van der Waals surface area contributed by atoms with E-state index in [1.807, 2.05) is 68.4 Å². The molecule has 0 spiro atoms. The van der Waals surface area contributed by atoms with Gasteiger partial charge in [-0.05, 0) is 106 Å². The molecule has 342 valence electrons. The second kappa shape index (κ2) is 20.2. The van der Waals surface area contributed by atoms with E-state index in [4.69, 9.17) is 18.6 Å². The summed E-state index contributed by atoms with van der Waals surface area (Å²) in [5.41, 5.74) is 19.3. The molecule has 0 amide bonds.